The SMILES string of the molecule is Cc1ccc2[nH]c3c(c2c1)C=C(c1cccc(C#N)c1)CN3C. The van der Waals surface area contributed by atoms with Gasteiger partial charge in [0.2, 0.25) is 0 Å². The summed E-state index contributed by atoms with van der Waals surface area (Å²) in [4.78, 5) is 5.75. The minimum atomic E-state index is 0.701. The van der Waals surface area contributed by atoms with Gasteiger partial charge in [-0.1, -0.05) is 23.8 Å². The van der Waals surface area contributed by atoms with Gasteiger partial charge in [-0.25, -0.2) is 0 Å². The topological polar surface area (TPSA) is 42.8 Å². The summed E-state index contributed by atoms with van der Waals surface area (Å²) < 4.78 is 0. The van der Waals surface area contributed by atoms with Crippen molar-refractivity contribution in [2.45, 2.75) is 6.92 Å². The average molecular weight is 299 g/mol. The zero-order chi connectivity index (χ0) is 16.0. The van der Waals surface area contributed by atoms with Gasteiger partial charge in [0.25, 0.3) is 0 Å². The van der Waals surface area contributed by atoms with E-state index in [-0.39, 0.29) is 0 Å². The van der Waals surface area contributed by atoms with Crippen LogP contribution in [0.5, 0.6) is 0 Å². The first-order valence-electron chi connectivity index (χ1n) is 7.70. The Bertz CT molecular complexity index is 986. The van der Waals surface area contributed by atoms with E-state index in [4.69, 9.17) is 5.26 Å². The summed E-state index contributed by atoms with van der Waals surface area (Å²) in [5.74, 6) is 1.16. The van der Waals surface area contributed by atoms with Gasteiger partial charge in [0.15, 0.2) is 0 Å². The van der Waals surface area contributed by atoms with Gasteiger partial charge < -0.3 is 9.88 Å². The molecule has 3 heteroatoms. The predicted octanol–water partition coefficient (Wildman–Crippen LogP) is 4.34. The molecule has 2 aromatic carbocycles. The summed E-state index contributed by atoms with van der Waals surface area (Å²) in [7, 11) is 2.10. The molecular weight excluding hydrogens is 282 g/mol. The van der Waals surface area contributed by atoms with Crippen LogP contribution in [-0.4, -0.2) is 18.6 Å². The number of aromatic nitrogens is 1. The number of benzene rings is 2. The fraction of sp³-hybridized carbons (Fsp3) is 0.150. The van der Waals surface area contributed by atoms with Gasteiger partial charge in [-0.3, -0.25) is 0 Å². The molecule has 0 spiro atoms. The molecule has 0 saturated heterocycles. The molecule has 1 aromatic heterocycles. The number of fused-ring (bicyclic) bond motifs is 3. The van der Waals surface area contributed by atoms with E-state index in [2.05, 4.69) is 60.3 Å². The Labute approximate surface area is 135 Å². The van der Waals surface area contributed by atoms with Gasteiger partial charge in [0, 0.05) is 30.1 Å². The number of rotatable bonds is 1. The lowest BCUT2D eigenvalue weighted by atomic mass is 9.97. The van der Waals surface area contributed by atoms with Gasteiger partial charge in [0.05, 0.1) is 11.6 Å². The Hall–Kier alpha value is -2.99. The molecular formula is C20H17N3. The summed E-state index contributed by atoms with van der Waals surface area (Å²) in [6.07, 6.45) is 2.25. The zero-order valence-corrected chi connectivity index (χ0v) is 13.2. The maximum Gasteiger partial charge on any atom is 0.114 e. The Kier molecular flexibility index (Phi) is 2.99. The van der Waals surface area contributed by atoms with Gasteiger partial charge in [0.1, 0.15) is 5.82 Å². The highest BCUT2D eigenvalue weighted by atomic mass is 15.2. The number of nitriles is 1. The third-order valence-corrected chi connectivity index (χ3v) is 4.44. The molecule has 2 heterocycles. The summed E-state index contributed by atoms with van der Waals surface area (Å²) in [6.45, 7) is 2.94. The number of aryl methyl sites for hydroxylation is 1. The molecule has 3 aromatic rings. The zero-order valence-electron chi connectivity index (χ0n) is 13.2. The standard InChI is InChI=1S/C20H17N3/c1-13-6-7-19-17(8-13)18-10-16(12-23(2)20(18)22-19)15-5-3-4-14(9-15)11-21/h3-10,22H,12H2,1-2H3. The number of nitrogens with one attached hydrogen (secondary N) is 1. The van der Waals surface area contributed by atoms with E-state index in [1.165, 1.54) is 22.1 Å². The van der Waals surface area contributed by atoms with Crippen molar-refractivity contribution < 1.29 is 0 Å². The number of hydrogen-bond acceptors (Lipinski definition) is 2. The van der Waals surface area contributed by atoms with Crippen molar-refractivity contribution in [1.82, 2.24) is 4.98 Å². The predicted molar refractivity (Wildman–Crippen MR) is 95.3 cm³/mol. The Morgan fingerprint density at radius 2 is 2.04 bits per heavy atom. The maximum atomic E-state index is 9.12. The quantitative estimate of drug-likeness (QED) is 0.726. The molecule has 0 fully saturated rings. The number of nitrogens with zero attached hydrogens (tertiary/aromatic N) is 2. The second kappa shape index (κ2) is 5.03. The lowest BCUT2D eigenvalue weighted by molar-refractivity contribution is 1.01. The Morgan fingerprint density at radius 3 is 2.87 bits per heavy atom. The summed E-state index contributed by atoms with van der Waals surface area (Å²) in [6, 6.07) is 16.5. The van der Waals surface area contributed by atoms with Gasteiger partial charge in [-0.15, -0.1) is 0 Å². The van der Waals surface area contributed by atoms with Crippen molar-refractivity contribution in [3.05, 3.63) is 64.7 Å². The van der Waals surface area contributed by atoms with Crippen LogP contribution in [0.3, 0.4) is 0 Å². The van der Waals surface area contributed by atoms with E-state index in [9.17, 15) is 0 Å². The van der Waals surface area contributed by atoms with E-state index in [0.717, 1.165) is 23.4 Å². The van der Waals surface area contributed by atoms with Crippen molar-refractivity contribution in [3.63, 3.8) is 0 Å². The lowest BCUT2D eigenvalue weighted by Gasteiger charge is -2.25. The molecule has 1 aliphatic rings. The maximum absolute atomic E-state index is 9.12. The molecule has 1 N–H and O–H groups in total. The van der Waals surface area contributed by atoms with Crippen LogP contribution >= 0.6 is 0 Å². The highest BCUT2D eigenvalue weighted by Crippen LogP contribution is 2.37. The molecule has 0 bridgehead atoms. The van der Waals surface area contributed by atoms with Crippen LogP contribution in [0, 0.1) is 18.3 Å². The van der Waals surface area contributed by atoms with E-state index in [0.29, 0.717) is 5.56 Å². The number of aromatic amines is 1. The molecule has 23 heavy (non-hydrogen) atoms. The van der Waals surface area contributed by atoms with Crippen LogP contribution in [0.15, 0.2) is 42.5 Å². The molecule has 112 valence electrons. The molecule has 0 atom stereocenters. The second-order valence-electron chi connectivity index (χ2n) is 6.15. The molecule has 0 unspecified atom stereocenters. The molecule has 0 amide bonds. The highest BCUT2D eigenvalue weighted by molar-refractivity contribution is 6.02. The fourth-order valence-corrected chi connectivity index (χ4v) is 3.28. The van der Waals surface area contributed by atoms with Crippen LogP contribution in [0.25, 0.3) is 22.6 Å². The second-order valence-corrected chi connectivity index (χ2v) is 6.15. The van der Waals surface area contributed by atoms with Crippen LogP contribution in [0.2, 0.25) is 0 Å². The first-order chi connectivity index (χ1) is 11.2. The van der Waals surface area contributed by atoms with Crippen LogP contribution in [0.4, 0.5) is 5.82 Å². The number of hydrogen-bond donors (Lipinski definition) is 1. The van der Waals surface area contributed by atoms with Gasteiger partial charge in [-0.05, 0) is 48.4 Å². The summed E-state index contributed by atoms with van der Waals surface area (Å²) in [5.41, 5.74) is 6.70. The average Bonchev–Trinajstić information content (AvgIpc) is 2.93. The fourth-order valence-electron chi connectivity index (χ4n) is 3.28. The minimum Gasteiger partial charge on any atom is -0.356 e. The number of likely N-dealkylation sites (N-methyl/N-ethyl adjacent to an activating group) is 1. The Morgan fingerprint density at radius 1 is 1.17 bits per heavy atom. The van der Waals surface area contributed by atoms with Crippen molar-refractivity contribution >= 4 is 28.4 Å². The van der Waals surface area contributed by atoms with E-state index < -0.39 is 0 Å². The van der Waals surface area contributed by atoms with E-state index in [1.807, 2.05) is 18.2 Å². The van der Waals surface area contributed by atoms with E-state index in [1.54, 1.807) is 0 Å². The van der Waals surface area contributed by atoms with Gasteiger partial charge >= 0.3 is 0 Å². The van der Waals surface area contributed by atoms with Crippen molar-refractivity contribution in [3.8, 4) is 6.07 Å². The first kappa shape index (κ1) is 13.7. The largest absolute Gasteiger partial charge is 0.356 e. The third-order valence-electron chi connectivity index (χ3n) is 4.44. The molecule has 0 radical (unpaired) electrons. The molecule has 1 aliphatic heterocycles. The summed E-state index contributed by atoms with van der Waals surface area (Å²) in [5, 5.41) is 10.4. The molecule has 0 aliphatic carbocycles. The van der Waals surface area contributed by atoms with Crippen LogP contribution in [-0.2, 0) is 0 Å². The number of H-pyrrole nitrogens is 1. The molecule has 3 nitrogen and oxygen atoms in total. The monoisotopic (exact) mass is 299 g/mol. The smallest absolute Gasteiger partial charge is 0.114 e. The molecule has 4 rings (SSSR count). The first-order valence-corrected chi connectivity index (χ1v) is 7.70. The summed E-state index contributed by atoms with van der Waals surface area (Å²) >= 11 is 0. The van der Waals surface area contributed by atoms with Crippen LogP contribution in [0.1, 0.15) is 22.3 Å². The third kappa shape index (κ3) is 2.20. The van der Waals surface area contributed by atoms with Crippen LogP contribution < -0.4 is 4.90 Å². The van der Waals surface area contributed by atoms with Crippen molar-refractivity contribution in [1.29, 1.82) is 5.26 Å². The van der Waals surface area contributed by atoms with Gasteiger partial charge in [-0.2, -0.15) is 5.26 Å². The Balaban J connectivity index is 1.92. The normalized spacial score (nSPS) is 13.6. The van der Waals surface area contributed by atoms with Crippen molar-refractivity contribution in [2.75, 3.05) is 18.5 Å². The lowest BCUT2D eigenvalue weighted by Crippen LogP contribution is -2.23. The highest BCUT2D eigenvalue weighted by Gasteiger charge is 2.20. The van der Waals surface area contributed by atoms with E-state index >= 15 is 0 Å². The molecule has 0 saturated carbocycles. The van der Waals surface area contributed by atoms with Crippen molar-refractivity contribution in [2.24, 2.45) is 0 Å². The number of anilines is 1. The minimum absolute atomic E-state index is 0.701.